The average molecular weight is 403 g/mol. The third kappa shape index (κ3) is 2.78. The number of aromatic nitrogens is 3. The van der Waals surface area contributed by atoms with E-state index in [1.807, 2.05) is 12.1 Å². The van der Waals surface area contributed by atoms with E-state index in [-0.39, 0.29) is 6.17 Å². The van der Waals surface area contributed by atoms with Gasteiger partial charge in [0.2, 0.25) is 0 Å². The molecule has 5 heteroatoms. The second-order valence-electron chi connectivity index (χ2n) is 7.80. The van der Waals surface area contributed by atoms with Crippen molar-refractivity contribution in [2.75, 3.05) is 5.32 Å². The quantitative estimate of drug-likeness (QED) is 0.433. The van der Waals surface area contributed by atoms with Crippen LogP contribution in [0.2, 0.25) is 5.02 Å². The average Bonchev–Trinajstić information content (AvgIpc) is 3.22. The van der Waals surface area contributed by atoms with Crippen LogP contribution >= 0.6 is 11.6 Å². The number of benzene rings is 2. The number of rotatable bonds is 2. The third-order valence-electron chi connectivity index (χ3n) is 5.78. The normalized spacial score (nSPS) is 15.0. The van der Waals surface area contributed by atoms with Crippen molar-refractivity contribution in [3.05, 3.63) is 87.8 Å². The van der Waals surface area contributed by atoms with Crippen LogP contribution in [0.5, 0.6) is 0 Å². The summed E-state index contributed by atoms with van der Waals surface area (Å²) in [6.45, 7) is 8.51. The van der Waals surface area contributed by atoms with E-state index < -0.39 is 0 Å². The number of fused-ring (bicyclic) bond motifs is 3. The van der Waals surface area contributed by atoms with Gasteiger partial charge < -0.3 is 9.88 Å². The number of hydrogen-bond donors (Lipinski definition) is 1. The van der Waals surface area contributed by atoms with Gasteiger partial charge in [-0.3, -0.25) is 0 Å². The summed E-state index contributed by atoms with van der Waals surface area (Å²) in [5, 5.41) is 9.33. The van der Waals surface area contributed by atoms with Crippen molar-refractivity contribution in [2.24, 2.45) is 0 Å². The van der Waals surface area contributed by atoms with Gasteiger partial charge in [-0.2, -0.15) is 5.10 Å². The highest BCUT2D eigenvalue weighted by Crippen LogP contribution is 2.41. The molecule has 2 aromatic carbocycles. The zero-order valence-corrected chi connectivity index (χ0v) is 17.7. The van der Waals surface area contributed by atoms with Gasteiger partial charge in [-0.25, -0.2) is 4.68 Å². The van der Waals surface area contributed by atoms with Crippen molar-refractivity contribution in [3.8, 4) is 16.9 Å². The Hall–Kier alpha value is -2.98. The minimum Gasteiger partial charge on any atom is -0.359 e. The summed E-state index contributed by atoms with van der Waals surface area (Å²) in [6.07, 6.45) is -0.0560. The van der Waals surface area contributed by atoms with Gasteiger partial charge in [0, 0.05) is 38.9 Å². The number of hydrogen-bond acceptors (Lipinski definition) is 2. The lowest BCUT2D eigenvalue weighted by atomic mass is 10.0. The zero-order chi connectivity index (χ0) is 20.3. The van der Waals surface area contributed by atoms with Crippen LogP contribution in [0, 0.1) is 27.7 Å². The van der Waals surface area contributed by atoms with E-state index in [0.29, 0.717) is 0 Å². The van der Waals surface area contributed by atoms with Crippen LogP contribution in [0.1, 0.15) is 34.4 Å². The first-order chi connectivity index (χ1) is 13.9. The second-order valence-corrected chi connectivity index (χ2v) is 8.23. The summed E-state index contributed by atoms with van der Waals surface area (Å²) < 4.78 is 4.39. The Morgan fingerprint density at radius 3 is 2.48 bits per heavy atom. The summed E-state index contributed by atoms with van der Waals surface area (Å²) in [4.78, 5) is 0. The fraction of sp³-hybridized carbons (Fsp3) is 0.208. The molecule has 0 amide bonds. The van der Waals surface area contributed by atoms with Crippen LogP contribution < -0.4 is 5.32 Å². The predicted octanol–water partition coefficient (Wildman–Crippen LogP) is 6.20. The molecule has 0 saturated carbocycles. The van der Waals surface area contributed by atoms with Crippen LogP contribution in [-0.2, 0) is 0 Å². The van der Waals surface area contributed by atoms with Crippen molar-refractivity contribution < 1.29 is 0 Å². The summed E-state index contributed by atoms with van der Waals surface area (Å²) in [6, 6.07) is 18.8. The van der Waals surface area contributed by atoms with Gasteiger partial charge in [0.25, 0.3) is 0 Å². The molecule has 1 atom stereocenters. The van der Waals surface area contributed by atoms with Crippen LogP contribution in [0.4, 0.5) is 5.69 Å². The molecule has 0 fully saturated rings. The molecule has 0 saturated heterocycles. The Labute approximate surface area is 175 Å². The van der Waals surface area contributed by atoms with Crippen molar-refractivity contribution in [1.82, 2.24) is 14.3 Å². The van der Waals surface area contributed by atoms with Crippen LogP contribution in [0.15, 0.2) is 54.6 Å². The lowest BCUT2D eigenvalue weighted by Crippen LogP contribution is -2.26. The minimum absolute atomic E-state index is 0.0560. The van der Waals surface area contributed by atoms with Crippen LogP contribution in [-0.4, -0.2) is 14.3 Å². The van der Waals surface area contributed by atoms with Gasteiger partial charge in [-0.1, -0.05) is 29.8 Å². The first-order valence-electron chi connectivity index (χ1n) is 9.81. The van der Waals surface area contributed by atoms with Crippen LogP contribution in [0.3, 0.4) is 0 Å². The Bertz CT molecular complexity index is 1230. The molecule has 2 aromatic heterocycles. The highest BCUT2D eigenvalue weighted by Gasteiger charge is 2.30. The molecule has 0 bridgehead atoms. The molecule has 0 aliphatic carbocycles. The zero-order valence-electron chi connectivity index (χ0n) is 17.0. The van der Waals surface area contributed by atoms with Crippen molar-refractivity contribution >= 4 is 17.3 Å². The van der Waals surface area contributed by atoms with E-state index in [4.69, 9.17) is 16.7 Å². The van der Waals surface area contributed by atoms with Crippen molar-refractivity contribution in [2.45, 2.75) is 33.9 Å². The number of nitrogens with zero attached hydrogens (tertiary/aromatic N) is 3. The smallest absolute Gasteiger partial charge is 0.149 e. The monoisotopic (exact) mass is 402 g/mol. The third-order valence-corrected chi connectivity index (χ3v) is 6.03. The molecule has 1 aliphatic heterocycles. The van der Waals surface area contributed by atoms with Gasteiger partial charge in [0.1, 0.15) is 6.17 Å². The highest BCUT2D eigenvalue weighted by molar-refractivity contribution is 6.30. The molecule has 3 heterocycles. The lowest BCUT2D eigenvalue weighted by Gasteiger charge is -2.30. The topological polar surface area (TPSA) is 34.8 Å². The van der Waals surface area contributed by atoms with Gasteiger partial charge in [0.15, 0.2) is 0 Å². The summed E-state index contributed by atoms with van der Waals surface area (Å²) >= 11 is 6.10. The number of halogens is 1. The largest absolute Gasteiger partial charge is 0.359 e. The first kappa shape index (κ1) is 18.1. The molecular formula is C24H23ClN4. The maximum absolute atomic E-state index is 6.10. The van der Waals surface area contributed by atoms with E-state index in [1.54, 1.807) is 0 Å². The van der Waals surface area contributed by atoms with Crippen molar-refractivity contribution in [3.63, 3.8) is 0 Å². The van der Waals surface area contributed by atoms with Gasteiger partial charge in [0.05, 0.1) is 11.4 Å². The van der Waals surface area contributed by atoms with E-state index in [1.165, 1.54) is 33.8 Å². The Balaban J connectivity index is 1.68. The highest BCUT2D eigenvalue weighted by atomic mass is 35.5. The Morgan fingerprint density at radius 1 is 0.966 bits per heavy atom. The fourth-order valence-corrected chi connectivity index (χ4v) is 4.57. The standard InChI is InChI=1S/C24H23ClN4/c1-14-6-5-7-20-22-12-15(2)27-29(22)24(26-23(14)20)21-13-16(3)28(17(21)4)19-10-8-18(25)9-11-19/h5-13,24,26H,1-4H3. The number of anilines is 1. The van der Waals surface area contributed by atoms with Crippen LogP contribution in [0.25, 0.3) is 16.9 Å². The molecule has 146 valence electrons. The van der Waals surface area contributed by atoms with E-state index in [2.05, 4.69) is 84.7 Å². The summed E-state index contributed by atoms with van der Waals surface area (Å²) in [5.74, 6) is 0. The van der Waals surface area contributed by atoms with Gasteiger partial charge in [-0.05, 0) is 69.7 Å². The fourth-order valence-electron chi connectivity index (χ4n) is 4.45. The molecule has 5 rings (SSSR count). The second kappa shape index (κ2) is 6.53. The van der Waals surface area contributed by atoms with Gasteiger partial charge >= 0.3 is 0 Å². The maximum Gasteiger partial charge on any atom is 0.149 e. The number of para-hydroxylation sites is 1. The molecule has 1 N–H and O–H groups in total. The predicted molar refractivity (Wildman–Crippen MR) is 119 cm³/mol. The van der Waals surface area contributed by atoms with E-state index >= 15 is 0 Å². The molecule has 0 spiro atoms. The first-order valence-corrected chi connectivity index (χ1v) is 10.2. The van der Waals surface area contributed by atoms with E-state index in [9.17, 15) is 0 Å². The molecule has 4 nitrogen and oxygen atoms in total. The molecular weight excluding hydrogens is 380 g/mol. The molecule has 1 aliphatic rings. The lowest BCUT2D eigenvalue weighted by molar-refractivity contribution is 0.567. The minimum atomic E-state index is -0.0560. The maximum atomic E-state index is 6.10. The van der Waals surface area contributed by atoms with Gasteiger partial charge in [-0.15, -0.1) is 0 Å². The number of nitrogens with one attached hydrogen (secondary N) is 1. The Kier molecular flexibility index (Phi) is 4.07. The molecule has 29 heavy (non-hydrogen) atoms. The Morgan fingerprint density at radius 2 is 1.72 bits per heavy atom. The van der Waals surface area contributed by atoms with Crippen molar-refractivity contribution in [1.29, 1.82) is 0 Å². The number of aryl methyl sites for hydroxylation is 3. The summed E-state index contributed by atoms with van der Waals surface area (Å²) in [7, 11) is 0. The molecule has 0 radical (unpaired) electrons. The molecule has 1 unspecified atom stereocenters. The summed E-state index contributed by atoms with van der Waals surface area (Å²) in [5.41, 5.74) is 10.5. The van der Waals surface area contributed by atoms with E-state index in [0.717, 1.165) is 22.1 Å². The SMILES string of the molecule is Cc1cc2n(n1)C(c1cc(C)n(-c3ccc(Cl)cc3)c1C)Nc1c(C)cccc1-2. The molecule has 4 aromatic rings.